The number of ketones is 1. The van der Waals surface area contributed by atoms with Crippen LogP contribution in [0.5, 0.6) is 0 Å². The van der Waals surface area contributed by atoms with Crippen molar-refractivity contribution in [3.05, 3.63) is 35.9 Å². The fraction of sp³-hybridized carbons (Fsp3) is 0.462. The monoisotopic (exact) mass is 204 g/mol. The molecule has 1 heterocycles. The van der Waals surface area contributed by atoms with Gasteiger partial charge in [0.2, 0.25) is 0 Å². The molecule has 1 aromatic carbocycles. The first-order valence-electron chi connectivity index (χ1n) is 5.57. The van der Waals surface area contributed by atoms with Crippen LogP contribution in [0.1, 0.15) is 18.4 Å². The topological polar surface area (TPSA) is 17.1 Å². The highest BCUT2D eigenvalue weighted by molar-refractivity contribution is 5.79. The number of likely N-dealkylation sites (N-methyl/N-ethyl adjacent to an activating group) is 1. The Morgan fingerprint density at radius 2 is 2.00 bits per heavy atom. The number of rotatable bonds is 2. The number of Topliss-reactive ketones (excluding diaryl/α,β-unsaturated/α-hetero) is 1. The van der Waals surface area contributed by atoms with Crippen molar-refractivity contribution in [2.75, 3.05) is 20.1 Å². The normalized spacial score (nSPS) is 26.6. The van der Waals surface area contributed by atoms with Gasteiger partial charge in [-0.05, 0) is 0 Å². The maximum atomic E-state index is 11.5. The second kappa shape index (κ2) is 4.15. The zero-order valence-electron chi connectivity index (χ0n) is 9.28. The molecule has 1 aromatic rings. The number of nitrogens with zero attached hydrogens (tertiary/aromatic N) is 1. The van der Waals surface area contributed by atoms with Crippen LogP contribution in [0.2, 0.25) is 0 Å². The predicted octanol–water partition coefficient (Wildman–Crippen LogP) is 2.00. The van der Waals surface area contributed by atoms with E-state index in [4.69, 9.17) is 0 Å². The molecule has 2 nitrogen and oxygen atoms in total. The quantitative estimate of drug-likeness (QED) is 0.673. The average Bonchev–Trinajstić information content (AvgIpc) is 2.18. The standard InChI is InChI=1S/C13H18NO/c1-14(9-5-8-13(15)11-14)10-12-6-3-2-4-7-12/h2-4,6-7H,5,8-11H2,1H3/q+1. The lowest BCUT2D eigenvalue weighted by atomic mass is 10.1. The summed E-state index contributed by atoms with van der Waals surface area (Å²) in [5, 5.41) is 0. The largest absolute Gasteiger partial charge is 0.316 e. The van der Waals surface area contributed by atoms with E-state index in [0.29, 0.717) is 12.3 Å². The van der Waals surface area contributed by atoms with Gasteiger partial charge in [-0.1, -0.05) is 30.3 Å². The molecule has 0 amide bonds. The van der Waals surface area contributed by atoms with E-state index in [-0.39, 0.29) is 0 Å². The molecule has 1 aliphatic rings. The molecule has 0 saturated carbocycles. The Morgan fingerprint density at radius 3 is 2.67 bits per heavy atom. The Bertz CT molecular complexity index is 347. The van der Waals surface area contributed by atoms with E-state index in [2.05, 4.69) is 31.3 Å². The van der Waals surface area contributed by atoms with Crippen LogP contribution in [-0.4, -0.2) is 30.4 Å². The van der Waals surface area contributed by atoms with E-state index >= 15 is 0 Å². The Kier molecular flexibility index (Phi) is 2.87. The van der Waals surface area contributed by atoms with Crippen molar-refractivity contribution >= 4 is 5.78 Å². The third-order valence-corrected chi connectivity index (χ3v) is 3.12. The second-order valence-corrected chi connectivity index (χ2v) is 4.79. The highest BCUT2D eigenvalue weighted by Gasteiger charge is 2.29. The molecule has 1 saturated heterocycles. The van der Waals surface area contributed by atoms with E-state index in [1.807, 2.05) is 6.07 Å². The average molecular weight is 204 g/mol. The van der Waals surface area contributed by atoms with E-state index in [0.717, 1.165) is 30.4 Å². The number of quaternary nitrogens is 1. The minimum atomic E-state index is 0.416. The van der Waals surface area contributed by atoms with Gasteiger partial charge in [-0.15, -0.1) is 0 Å². The van der Waals surface area contributed by atoms with Crippen LogP contribution in [0.15, 0.2) is 30.3 Å². The van der Waals surface area contributed by atoms with Crippen LogP contribution in [0, 0.1) is 0 Å². The maximum absolute atomic E-state index is 11.5. The fourth-order valence-corrected chi connectivity index (χ4v) is 2.40. The molecule has 2 heteroatoms. The van der Waals surface area contributed by atoms with Gasteiger partial charge >= 0.3 is 0 Å². The van der Waals surface area contributed by atoms with Crippen molar-refractivity contribution in [2.24, 2.45) is 0 Å². The summed E-state index contributed by atoms with van der Waals surface area (Å²) in [6, 6.07) is 10.4. The molecule has 15 heavy (non-hydrogen) atoms. The summed E-state index contributed by atoms with van der Waals surface area (Å²) in [5.41, 5.74) is 1.33. The Balaban J connectivity index is 2.07. The molecule has 0 bridgehead atoms. The van der Waals surface area contributed by atoms with Gasteiger partial charge in [0, 0.05) is 18.4 Å². The number of benzene rings is 1. The van der Waals surface area contributed by atoms with Gasteiger partial charge in [0.05, 0.1) is 13.6 Å². The Morgan fingerprint density at radius 1 is 1.27 bits per heavy atom. The third-order valence-electron chi connectivity index (χ3n) is 3.12. The first-order chi connectivity index (χ1) is 7.18. The lowest BCUT2D eigenvalue weighted by Gasteiger charge is -2.36. The number of carbonyl (C=O) groups is 1. The number of hydrogen-bond acceptors (Lipinski definition) is 1. The van der Waals surface area contributed by atoms with E-state index < -0.39 is 0 Å². The first kappa shape index (κ1) is 10.4. The molecular formula is C13H18NO+. The first-order valence-corrected chi connectivity index (χ1v) is 5.57. The number of carbonyl (C=O) groups excluding carboxylic acids is 1. The lowest BCUT2D eigenvalue weighted by molar-refractivity contribution is -0.917. The van der Waals surface area contributed by atoms with Crippen LogP contribution in [0.3, 0.4) is 0 Å². The van der Waals surface area contributed by atoms with Crippen molar-refractivity contribution < 1.29 is 9.28 Å². The highest BCUT2D eigenvalue weighted by Crippen LogP contribution is 2.18. The summed E-state index contributed by atoms with van der Waals surface area (Å²) in [7, 11) is 2.18. The van der Waals surface area contributed by atoms with Crippen LogP contribution in [0.4, 0.5) is 0 Å². The zero-order valence-corrected chi connectivity index (χ0v) is 9.28. The summed E-state index contributed by atoms with van der Waals surface area (Å²) in [6.45, 7) is 2.81. The lowest BCUT2D eigenvalue weighted by Crippen LogP contribution is -2.50. The molecular weight excluding hydrogens is 186 g/mol. The highest BCUT2D eigenvalue weighted by atomic mass is 16.1. The van der Waals surface area contributed by atoms with Crippen LogP contribution in [-0.2, 0) is 11.3 Å². The van der Waals surface area contributed by atoms with Gasteiger partial charge in [-0.2, -0.15) is 0 Å². The van der Waals surface area contributed by atoms with Crippen LogP contribution in [0.25, 0.3) is 0 Å². The number of piperidine rings is 1. The van der Waals surface area contributed by atoms with Gasteiger partial charge in [0.15, 0.2) is 5.78 Å². The summed E-state index contributed by atoms with van der Waals surface area (Å²) in [5.74, 6) is 0.416. The van der Waals surface area contributed by atoms with Crippen LogP contribution < -0.4 is 0 Å². The van der Waals surface area contributed by atoms with Crippen molar-refractivity contribution in [3.8, 4) is 0 Å². The molecule has 1 unspecified atom stereocenters. The van der Waals surface area contributed by atoms with E-state index in [1.165, 1.54) is 5.56 Å². The van der Waals surface area contributed by atoms with Gasteiger partial charge in [0.1, 0.15) is 13.1 Å². The van der Waals surface area contributed by atoms with E-state index in [1.54, 1.807) is 0 Å². The molecule has 2 rings (SSSR count). The van der Waals surface area contributed by atoms with E-state index in [9.17, 15) is 4.79 Å². The molecule has 1 aliphatic heterocycles. The molecule has 0 N–H and O–H groups in total. The van der Waals surface area contributed by atoms with Gasteiger partial charge in [-0.3, -0.25) is 4.79 Å². The Labute approximate surface area is 91.1 Å². The van der Waals surface area contributed by atoms with Crippen molar-refractivity contribution in [3.63, 3.8) is 0 Å². The van der Waals surface area contributed by atoms with Crippen molar-refractivity contribution in [1.82, 2.24) is 0 Å². The van der Waals surface area contributed by atoms with Gasteiger partial charge < -0.3 is 4.48 Å². The molecule has 0 radical (unpaired) electrons. The number of likely N-dealkylation sites (tertiary alicyclic amines) is 1. The second-order valence-electron chi connectivity index (χ2n) is 4.79. The van der Waals surface area contributed by atoms with Crippen molar-refractivity contribution in [2.45, 2.75) is 19.4 Å². The van der Waals surface area contributed by atoms with Gasteiger partial charge in [-0.25, -0.2) is 0 Å². The van der Waals surface area contributed by atoms with Crippen molar-refractivity contribution in [1.29, 1.82) is 0 Å². The van der Waals surface area contributed by atoms with Gasteiger partial charge in [0.25, 0.3) is 0 Å². The summed E-state index contributed by atoms with van der Waals surface area (Å²) < 4.78 is 0.878. The van der Waals surface area contributed by atoms with Crippen LogP contribution >= 0.6 is 0 Å². The molecule has 0 spiro atoms. The molecule has 0 aromatic heterocycles. The maximum Gasteiger partial charge on any atom is 0.187 e. The summed E-state index contributed by atoms with van der Waals surface area (Å²) in [4.78, 5) is 11.5. The zero-order chi connectivity index (χ0) is 10.7. The minimum absolute atomic E-state index is 0.416. The smallest absolute Gasteiger partial charge is 0.187 e. The SMILES string of the molecule is C[N+]1(Cc2ccccc2)CCCC(=O)C1. The molecule has 0 aliphatic carbocycles. The molecule has 1 fully saturated rings. The predicted molar refractivity (Wildman–Crippen MR) is 60.3 cm³/mol. The fourth-order valence-electron chi connectivity index (χ4n) is 2.40. The molecule has 80 valence electrons. The number of hydrogen-bond donors (Lipinski definition) is 0. The molecule has 1 atom stereocenters. The minimum Gasteiger partial charge on any atom is -0.316 e. The Hall–Kier alpha value is -1.15. The third kappa shape index (κ3) is 2.66. The summed E-state index contributed by atoms with van der Waals surface area (Å²) >= 11 is 0. The summed E-state index contributed by atoms with van der Waals surface area (Å²) in [6.07, 6.45) is 1.82.